The van der Waals surface area contributed by atoms with Gasteiger partial charge in [0.1, 0.15) is 16.9 Å². The van der Waals surface area contributed by atoms with Gasteiger partial charge in [-0.1, -0.05) is 19.1 Å². The highest BCUT2D eigenvalue weighted by Gasteiger charge is 2.83. The van der Waals surface area contributed by atoms with E-state index in [0.29, 0.717) is 18.4 Å². The predicted molar refractivity (Wildman–Crippen MR) is 74.6 cm³/mol. The standard InChI is InChI=1S/C16H20O6/c1-4-21-13(20)11-12(19)15-7-10(18)22-16(15,6-5-9(15)2)14(11,3)8-17/h11,17H,2,4-8H2,1,3H3/t11?,14-,15+,16+/m1/s1. The van der Waals surface area contributed by atoms with E-state index in [-0.39, 0.29) is 13.0 Å². The highest BCUT2D eigenvalue weighted by atomic mass is 16.6. The Labute approximate surface area is 128 Å². The van der Waals surface area contributed by atoms with Gasteiger partial charge in [0.25, 0.3) is 0 Å². The van der Waals surface area contributed by atoms with Crippen LogP contribution in [0.3, 0.4) is 0 Å². The van der Waals surface area contributed by atoms with Gasteiger partial charge >= 0.3 is 11.9 Å². The maximum atomic E-state index is 13.1. The molecule has 0 bridgehead atoms. The quantitative estimate of drug-likeness (QED) is 0.470. The number of rotatable bonds is 3. The average Bonchev–Trinajstić information content (AvgIpc) is 2.97. The van der Waals surface area contributed by atoms with E-state index in [1.807, 2.05) is 0 Å². The highest BCUT2D eigenvalue weighted by Crippen LogP contribution is 2.72. The van der Waals surface area contributed by atoms with Gasteiger partial charge in [-0.15, -0.1) is 0 Å². The molecule has 0 aromatic rings. The van der Waals surface area contributed by atoms with Crippen LogP contribution in [0.5, 0.6) is 0 Å². The summed E-state index contributed by atoms with van der Waals surface area (Å²) in [7, 11) is 0. The van der Waals surface area contributed by atoms with Crippen molar-refractivity contribution in [2.24, 2.45) is 16.7 Å². The maximum Gasteiger partial charge on any atom is 0.317 e. The number of aliphatic hydroxyl groups is 1. The lowest BCUT2D eigenvalue weighted by atomic mass is 9.65. The van der Waals surface area contributed by atoms with Gasteiger partial charge in [-0.3, -0.25) is 14.4 Å². The van der Waals surface area contributed by atoms with Crippen molar-refractivity contribution in [3.8, 4) is 0 Å². The van der Waals surface area contributed by atoms with Crippen molar-refractivity contribution < 1.29 is 29.0 Å². The molecule has 120 valence electrons. The van der Waals surface area contributed by atoms with E-state index < -0.39 is 46.7 Å². The van der Waals surface area contributed by atoms with Gasteiger partial charge in [0.2, 0.25) is 0 Å². The highest BCUT2D eigenvalue weighted by molar-refractivity contribution is 6.11. The van der Waals surface area contributed by atoms with Crippen molar-refractivity contribution in [1.82, 2.24) is 0 Å². The SMILES string of the molecule is C=C1CC[C@@]23OC(=O)C[C@@]12C(=O)C(C(=O)OCC)[C@@]3(C)CO. The molecule has 0 aromatic heterocycles. The Morgan fingerprint density at radius 1 is 1.50 bits per heavy atom. The van der Waals surface area contributed by atoms with E-state index in [1.165, 1.54) is 0 Å². The van der Waals surface area contributed by atoms with Crippen molar-refractivity contribution in [2.75, 3.05) is 13.2 Å². The maximum absolute atomic E-state index is 13.1. The average molecular weight is 308 g/mol. The number of hydrogen-bond donors (Lipinski definition) is 1. The molecule has 0 aromatic carbocycles. The lowest BCUT2D eigenvalue weighted by Crippen LogP contribution is -2.52. The van der Waals surface area contributed by atoms with Crippen LogP contribution in [0.2, 0.25) is 0 Å². The molecule has 1 heterocycles. The van der Waals surface area contributed by atoms with Crippen LogP contribution in [0.4, 0.5) is 0 Å². The van der Waals surface area contributed by atoms with Crippen LogP contribution in [0.15, 0.2) is 12.2 Å². The molecule has 0 amide bonds. The fraction of sp³-hybridized carbons (Fsp3) is 0.688. The van der Waals surface area contributed by atoms with Gasteiger partial charge < -0.3 is 14.6 Å². The number of Topliss-reactive ketones (excluding diaryl/α,β-unsaturated/α-hetero) is 1. The van der Waals surface area contributed by atoms with Crippen molar-refractivity contribution in [1.29, 1.82) is 0 Å². The molecule has 0 spiro atoms. The second-order valence-electron chi connectivity index (χ2n) is 6.61. The number of hydrogen-bond acceptors (Lipinski definition) is 6. The van der Waals surface area contributed by atoms with E-state index in [4.69, 9.17) is 9.47 Å². The number of carbonyl (C=O) groups excluding carboxylic acids is 3. The van der Waals surface area contributed by atoms with Gasteiger partial charge in [-0.05, 0) is 19.8 Å². The third kappa shape index (κ3) is 1.33. The van der Waals surface area contributed by atoms with Crippen LogP contribution in [0, 0.1) is 16.7 Å². The number of aliphatic hydroxyl groups excluding tert-OH is 1. The summed E-state index contributed by atoms with van der Waals surface area (Å²) in [5, 5.41) is 10.0. The van der Waals surface area contributed by atoms with E-state index >= 15 is 0 Å². The molecular weight excluding hydrogens is 288 g/mol. The zero-order valence-corrected chi connectivity index (χ0v) is 12.8. The summed E-state index contributed by atoms with van der Waals surface area (Å²) in [6, 6.07) is 0. The zero-order chi connectivity index (χ0) is 16.3. The summed E-state index contributed by atoms with van der Waals surface area (Å²) in [6.45, 7) is 6.95. The molecular formula is C16H20O6. The summed E-state index contributed by atoms with van der Waals surface area (Å²) in [6.07, 6.45) is 0.844. The van der Waals surface area contributed by atoms with Crippen LogP contribution in [0.1, 0.15) is 33.1 Å². The molecule has 3 aliphatic rings. The topological polar surface area (TPSA) is 89.9 Å². The summed E-state index contributed by atoms with van der Waals surface area (Å²) in [5.74, 6) is -2.67. The molecule has 6 nitrogen and oxygen atoms in total. The summed E-state index contributed by atoms with van der Waals surface area (Å²) in [5.41, 5.74) is -2.95. The molecule has 3 rings (SSSR count). The molecule has 2 saturated carbocycles. The number of carbonyl (C=O) groups is 3. The van der Waals surface area contributed by atoms with Gasteiger partial charge in [0.15, 0.2) is 5.78 Å². The molecule has 0 radical (unpaired) electrons. The fourth-order valence-corrected chi connectivity index (χ4v) is 4.82. The minimum Gasteiger partial charge on any atom is -0.465 e. The molecule has 4 atom stereocenters. The first kappa shape index (κ1) is 15.2. The molecule has 1 unspecified atom stereocenters. The molecule has 1 saturated heterocycles. The van der Waals surface area contributed by atoms with Gasteiger partial charge in [0, 0.05) is 0 Å². The Bertz CT molecular complexity index is 595. The van der Waals surface area contributed by atoms with E-state index in [2.05, 4.69) is 6.58 Å². The summed E-state index contributed by atoms with van der Waals surface area (Å²) < 4.78 is 10.6. The molecule has 1 aliphatic heterocycles. The first-order chi connectivity index (χ1) is 10.3. The molecule has 6 heteroatoms. The van der Waals surface area contributed by atoms with Crippen molar-refractivity contribution in [3.63, 3.8) is 0 Å². The minimum absolute atomic E-state index is 0.101. The minimum atomic E-state index is -1.20. The largest absolute Gasteiger partial charge is 0.465 e. The number of esters is 2. The fourth-order valence-electron chi connectivity index (χ4n) is 4.82. The Morgan fingerprint density at radius 3 is 2.77 bits per heavy atom. The Morgan fingerprint density at radius 2 is 2.18 bits per heavy atom. The lowest BCUT2D eigenvalue weighted by molar-refractivity contribution is -0.177. The second-order valence-corrected chi connectivity index (χ2v) is 6.61. The molecule has 3 fully saturated rings. The first-order valence-electron chi connectivity index (χ1n) is 7.52. The van der Waals surface area contributed by atoms with E-state index in [9.17, 15) is 19.5 Å². The second kappa shape index (κ2) is 4.41. The van der Waals surface area contributed by atoms with Crippen LogP contribution >= 0.6 is 0 Å². The normalized spacial score (nSPS) is 43.0. The molecule has 22 heavy (non-hydrogen) atoms. The number of ketones is 1. The van der Waals surface area contributed by atoms with E-state index in [0.717, 1.165) is 0 Å². The Kier molecular flexibility index (Phi) is 3.05. The van der Waals surface area contributed by atoms with Crippen LogP contribution in [-0.4, -0.2) is 41.6 Å². The third-order valence-corrected chi connectivity index (χ3v) is 5.86. The van der Waals surface area contributed by atoms with E-state index in [1.54, 1.807) is 13.8 Å². The lowest BCUT2D eigenvalue weighted by Gasteiger charge is -2.42. The predicted octanol–water partition coefficient (Wildman–Crippen LogP) is 0.769. The Hall–Kier alpha value is -1.69. The molecule has 1 N–H and O–H groups in total. The van der Waals surface area contributed by atoms with Crippen molar-refractivity contribution in [3.05, 3.63) is 12.2 Å². The summed E-state index contributed by atoms with van der Waals surface area (Å²) >= 11 is 0. The van der Waals surface area contributed by atoms with Crippen molar-refractivity contribution in [2.45, 2.75) is 38.7 Å². The number of ether oxygens (including phenoxy) is 2. The molecule has 2 aliphatic carbocycles. The monoisotopic (exact) mass is 308 g/mol. The van der Waals surface area contributed by atoms with Crippen LogP contribution in [0.25, 0.3) is 0 Å². The van der Waals surface area contributed by atoms with Crippen molar-refractivity contribution >= 4 is 17.7 Å². The van der Waals surface area contributed by atoms with Gasteiger partial charge in [-0.25, -0.2) is 0 Å². The van der Waals surface area contributed by atoms with Gasteiger partial charge in [0.05, 0.1) is 25.0 Å². The third-order valence-electron chi connectivity index (χ3n) is 5.86. The van der Waals surface area contributed by atoms with Gasteiger partial charge in [-0.2, -0.15) is 0 Å². The smallest absolute Gasteiger partial charge is 0.317 e. The van der Waals surface area contributed by atoms with Crippen LogP contribution in [-0.2, 0) is 23.9 Å². The zero-order valence-electron chi connectivity index (χ0n) is 12.8. The van der Waals surface area contributed by atoms with Crippen LogP contribution < -0.4 is 0 Å². The first-order valence-corrected chi connectivity index (χ1v) is 7.52. The Balaban J connectivity index is 2.21. The summed E-state index contributed by atoms with van der Waals surface area (Å²) in [4.78, 5) is 37.4.